The molecule has 1 N–H and O–H groups in total. The molecule has 0 saturated carbocycles. The molecule has 0 aromatic rings. The third kappa shape index (κ3) is 8.01. The molecule has 0 spiro atoms. The first-order valence-electron chi connectivity index (χ1n) is 8.78. The molecular weight excluding hydrogens is 346 g/mol. The maximum Gasteiger partial charge on any atom is 0.370 e. The van der Waals surface area contributed by atoms with Gasteiger partial charge < -0.3 is 28.9 Å². The summed E-state index contributed by atoms with van der Waals surface area (Å²) < 4.78 is 26.6. The fourth-order valence-electron chi connectivity index (χ4n) is 2.07. The SMILES string of the molecule is CCCC(=O)OCC(OC(=O)CCC)C(OC)(OC)OC(CCC)=NO. The van der Waals surface area contributed by atoms with Crippen LogP contribution < -0.4 is 0 Å². The van der Waals surface area contributed by atoms with Crippen molar-refractivity contribution in [3.05, 3.63) is 0 Å². The van der Waals surface area contributed by atoms with Gasteiger partial charge in [-0.1, -0.05) is 25.9 Å². The molecule has 0 aliphatic carbocycles. The topological polar surface area (TPSA) is 113 Å². The first-order chi connectivity index (χ1) is 12.4. The lowest BCUT2D eigenvalue weighted by molar-refractivity contribution is -0.373. The quantitative estimate of drug-likeness (QED) is 0.130. The standard InChI is InChI=1S/C17H31NO8/c1-6-9-14(18-21)26-17(22-4,23-5)13(25-16(20)11-8-3)12-24-15(19)10-7-2/h13,21H,6-12H2,1-5H3. The molecule has 9 nitrogen and oxygen atoms in total. The average molecular weight is 377 g/mol. The molecule has 152 valence electrons. The van der Waals surface area contributed by atoms with E-state index < -0.39 is 24.0 Å². The Bertz CT molecular complexity index is 448. The Hall–Kier alpha value is -1.87. The van der Waals surface area contributed by atoms with Crippen LogP contribution >= 0.6 is 0 Å². The fourth-order valence-corrected chi connectivity index (χ4v) is 2.07. The zero-order chi connectivity index (χ0) is 20.0. The van der Waals surface area contributed by atoms with Gasteiger partial charge in [0, 0.05) is 33.5 Å². The highest BCUT2D eigenvalue weighted by molar-refractivity contribution is 5.75. The largest absolute Gasteiger partial charge is 0.461 e. The predicted octanol–water partition coefficient (Wildman–Crippen LogP) is 2.59. The number of ether oxygens (including phenoxy) is 5. The van der Waals surface area contributed by atoms with Crippen LogP contribution in [0.15, 0.2) is 5.16 Å². The van der Waals surface area contributed by atoms with Crippen molar-refractivity contribution in [2.75, 3.05) is 20.8 Å². The minimum Gasteiger partial charge on any atom is -0.461 e. The lowest BCUT2D eigenvalue weighted by Crippen LogP contribution is -2.54. The molecule has 0 aliphatic rings. The number of esters is 2. The Morgan fingerprint density at radius 2 is 1.50 bits per heavy atom. The minimum atomic E-state index is -1.92. The molecule has 9 heteroatoms. The van der Waals surface area contributed by atoms with Gasteiger partial charge in [-0.2, -0.15) is 0 Å². The number of carbonyl (C=O) groups is 2. The summed E-state index contributed by atoms with van der Waals surface area (Å²) in [6.07, 6.45) is 1.30. The third-order valence-electron chi connectivity index (χ3n) is 3.38. The van der Waals surface area contributed by atoms with E-state index in [0.717, 1.165) is 0 Å². The van der Waals surface area contributed by atoms with Crippen LogP contribution in [0.1, 0.15) is 59.3 Å². The van der Waals surface area contributed by atoms with Gasteiger partial charge in [0.1, 0.15) is 6.61 Å². The van der Waals surface area contributed by atoms with E-state index in [9.17, 15) is 9.59 Å². The zero-order valence-corrected chi connectivity index (χ0v) is 16.3. The molecule has 0 radical (unpaired) electrons. The van der Waals surface area contributed by atoms with Crippen molar-refractivity contribution in [3.8, 4) is 0 Å². The minimum absolute atomic E-state index is 0.0624. The lowest BCUT2D eigenvalue weighted by atomic mass is 10.2. The molecule has 0 rings (SSSR count). The van der Waals surface area contributed by atoms with Crippen LogP contribution in [-0.2, 0) is 33.3 Å². The summed E-state index contributed by atoms with van der Waals surface area (Å²) >= 11 is 0. The molecule has 0 bridgehead atoms. The van der Waals surface area contributed by atoms with Gasteiger partial charge >= 0.3 is 17.9 Å². The van der Waals surface area contributed by atoms with Crippen molar-refractivity contribution in [3.63, 3.8) is 0 Å². The van der Waals surface area contributed by atoms with E-state index in [1.807, 2.05) is 20.8 Å². The Morgan fingerprint density at radius 1 is 0.962 bits per heavy atom. The second-order valence-electron chi connectivity index (χ2n) is 5.52. The summed E-state index contributed by atoms with van der Waals surface area (Å²) in [6, 6.07) is 0. The average Bonchev–Trinajstić information content (AvgIpc) is 2.63. The van der Waals surface area contributed by atoms with E-state index in [1.54, 1.807) is 0 Å². The molecule has 0 amide bonds. The van der Waals surface area contributed by atoms with Crippen LogP contribution in [0.25, 0.3) is 0 Å². The van der Waals surface area contributed by atoms with Crippen LogP contribution in [0.2, 0.25) is 0 Å². The lowest BCUT2D eigenvalue weighted by Gasteiger charge is -2.36. The molecule has 0 aromatic heterocycles. The number of rotatable bonds is 13. The van der Waals surface area contributed by atoms with Gasteiger partial charge in [0.25, 0.3) is 0 Å². The summed E-state index contributed by atoms with van der Waals surface area (Å²) in [5.41, 5.74) is 0. The number of carbonyl (C=O) groups excluding carboxylic acids is 2. The Labute approximate surface area is 154 Å². The van der Waals surface area contributed by atoms with Crippen molar-refractivity contribution >= 4 is 17.8 Å². The highest BCUT2D eigenvalue weighted by Gasteiger charge is 2.47. The number of methoxy groups -OCH3 is 2. The van der Waals surface area contributed by atoms with Crippen LogP contribution in [0.3, 0.4) is 0 Å². The number of hydrogen-bond donors (Lipinski definition) is 1. The molecule has 1 atom stereocenters. The highest BCUT2D eigenvalue weighted by atomic mass is 16.9. The van der Waals surface area contributed by atoms with Crippen molar-refractivity contribution in [1.29, 1.82) is 0 Å². The summed E-state index contributed by atoms with van der Waals surface area (Å²) in [4.78, 5) is 23.7. The van der Waals surface area contributed by atoms with Gasteiger partial charge in [0.15, 0.2) is 0 Å². The number of oxime groups is 1. The van der Waals surface area contributed by atoms with Crippen molar-refractivity contribution in [2.24, 2.45) is 5.16 Å². The van der Waals surface area contributed by atoms with Crippen molar-refractivity contribution in [1.82, 2.24) is 0 Å². The van der Waals surface area contributed by atoms with Crippen LogP contribution in [0.5, 0.6) is 0 Å². The maximum absolute atomic E-state index is 12.0. The highest BCUT2D eigenvalue weighted by Crippen LogP contribution is 2.24. The first kappa shape index (κ1) is 24.1. The second-order valence-corrected chi connectivity index (χ2v) is 5.52. The molecule has 0 fully saturated rings. The Morgan fingerprint density at radius 3 is 1.96 bits per heavy atom. The predicted molar refractivity (Wildman–Crippen MR) is 92.6 cm³/mol. The fraction of sp³-hybridized carbons (Fsp3) is 0.824. The van der Waals surface area contributed by atoms with Gasteiger partial charge in [-0.15, -0.1) is 0 Å². The first-order valence-corrected chi connectivity index (χ1v) is 8.78. The van der Waals surface area contributed by atoms with E-state index in [1.165, 1.54) is 14.2 Å². The molecular formula is C17H31NO8. The van der Waals surface area contributed by atoms with E-state index >= 15 is 0 Å². The van der Waals surface area contributed by atoms with E-state index in [4.69, 9.17) is 28.9 Å². The molecule has 0 aliphatic heterocycles. The smallest absolute Gasteiger partial charge is 0.370 e. The summed E-state index contributed by atoms with van der Waals surface area (Å²) in [5.74, 6) is -2.96. The van der Waals surface area contributed by atoms with Gasteiger partial charge in [0.05, 0.1) is 0 Å². The van der Waals surface area contributed by atoms with Gasteiger partial charge in [-0.25, -0.2) is 0 Å². The molecule has 0 saturated heterocycles. The monoisotopic (exact) mass is 377 g/mol. The Kier molecular flexibility index (Phi) is 12.4. The normalized spacial score (nSPS) is 13.2. The van der Waals surface area contributed by atoms with Crippen LogP contribution in [-0.4, -0.2) is 55.9 Å². The molecule has 0 aromatic carbocycles. The van der Waals surface area contributed by atoms with E-state index in [0.29, 0.717) is 25.7 Å². The molecule has 1 unspecified atom stereocenters. The summed E-state index contributed by atoms with van der Waals surface area (Å²) in [5, 5.41) is 12.2. The molecule has 26 heavy (non-hydrogen) atoms. The third-order valence-corrected chi connectivity index (χ3v) is 3.38. The zero-order valence-electron chi connectivity index (χ0n) is 16.3. The van der Waals surface area contributed by atoms with Crippen LogP contribution in [0, 0.1) is 0 Å². The van der Waals surface area contributed by atoms with Crippen molar-refractivity contribution in [2.45, 2.75) is 71.4 Å². The van der Waals surface area contributed by atoms with Gasteiger partial charge in [0.2, 0.25) is 12.0 Å². The number of hydrogen-bond acceptors (Lipinski definition) is 9. The van der Waals surface area contributed by atoms with Gasteiger partial charge in [-0.05, 0) is 19.3 Å². The van der Waals surface area contributed by atoms with Gasteiger partial charge in [-0.3, -0.25) is 9.59 Å². The van der Waals surface area contributed by atoms with Crippen molar-refractivity contribution < 1.29 is 38.5 Å². The Balaban J connectivity index is 5.47. The summed E-state index contributed by atoms with van der Waals surface area (Å²) in [6.45, 7) is 5.19. The number of nitrogens with zero attached hydrogens (tertiary/aromatic N) is 1. The molecule has 0 heterocycles. The maximum atomic E-state index is 12.0. The second kappa shape index (κ2) is 13.3. The van der Waals surface area contributed by atoms with Crippen LogP contribution in [0.4, 0.5) is 0 Å². The summed E-state index contributed by atoms with van der Waals surface area (Å²) in [7, 11) is 2.55. The van der Waals surface area contributed by atoms with E-state index in [-0.39, 0.29) is 25.3 Å². The van der Waals surface area contributed by atoms with E-state index in [2.05, 4.69) is 5.16 Å².